The Morgan fingerprint density at radius 3 is 2.25 bits per heavy atom. The topological polar surface area (TPSA) is 96.0 Å². The largest absolute Gasteiger partial charge is 0.497 e. The Morgan fingerprint density at radius 2 is 1.72 bits per heavy atom. The van der Waals surface area contributed by atoms with Crippen LogP contribution in [-0.4, -0.2) is 57.1 Å². The van der Waals surface area contributed by atoms with E-state index in [0.29, 0.717) is 28.4 Å². The first-order valence-electron chi connectivity index (χ1n) is 11.9. The first-order chi connectivity index (χ1) is 16.9. The monoisotopic (exact) mass is 537 g/mol. The van der Waals surface area contributed by atoms with Gasteiger partial charge in [-0.25, -0.2) is 8.42 Å². The van der Waals surface area contributed by atoms with Crippen LogP contribution >= 0.6 is 11.6 Å². The molecule has 2 atom stereocenters. The van der Waals surface area contributed by atoms with Gasteiger partial charge in [-0.3, -0.25) is 13.9 Å². The highest BCUT2D eigenvalue weighted by Crippen LogP contribution is 2.28. The second kappa shape index (κ2) is 13.0. The normalized spacial score (nSPS) is 13.0. The first-order valence-corrected chi connectivity index (χ1v) is 14.1. The van der Waals surface area contributed by atoms with Crippen LogP contribution in [0, 0.1) is 6.92 Å². The third kappa shape index (κ3) is 7.61. The molecule has 0 saturated heterocycles. The van der Waals surface area contributed by atoms with Crippen LogP contribution in [0.25, 0.3) is 0 Å². The minimum Gasteiger partial charge on any atom is -0.497 e. The van der Waals surface area contributed by atoms with E-state index in [1.807, 2.05) is 32.9 Å². The van der Waals surface area contributed by atoms with E-state index in [1.54, 1.807) is 44.4 Å². The zero-order chi connectivity index (χ0) is 27.0. The lowest BCUT2D eigenvalue weighted by molar-refractivity contribution is -0.140. The molecule has 0 saturated carbocycles. The van der Waals surface area contributed by atoms with Crippen LogP contribution in [-0.2, 0) is 26.2 Å². The maximum atomic E-state index is 13.7. The molecule has 2 aromatic carbocycles. The third-order valence-electron chi connectivity index (χ3n) is 6.09. The van der Waals surface area contributed by atoms with Crippen LogP contribution in [0.4, 0.5) is 5.69 Å². The summed E-state index contributed by atoms with van der Waals surface area (Å²) >= 11 is 6.24. The SMILES string of the molecule is CC[C@@H](C)NC(=O)[C@H](CC)N(Cc1ccc(OC)cc1)C(=O)CN(c1cccc(Cl)c1C)S(C)(=O)=O. The van der Waals surface area contributed by atoms with E-state index in [1.165, 1.54) is 4.90 Å². The lowest BCUT2D eigenvalue weighted by Crippen LogP contribution is -2.53. The Morgan fingerprint density at radius 1 is 1.08 bits per heavy atom. The minimum atomic E-state index is -3.83. The van der Waals surface area contributed by atoms with Crippen molar-refractivity contribution in [3.63, 3.8) is 0 Å². The fraction of sp³-hybridized carbons (Fsp3) is 0.462. The molecule has 2 rings (SSSR count). The van der Waals surface area contributed by atoms with Crippen LogP contribution in [0.1, 0.15) is 44.7 Å². The second-order valence-corrected chi connectivity index (χ2v) is 11.1. The molecule has 0 heterocycles. The molecule has 0 radical (unpaired) electrons. The quantitative estimate of drug-likeness (QED) is 0.439. The maximum Gasteiger partial charge on any atom is 0.244 e. The molecule has 0 bridgehead atoms. The number of hydrogen-bond donors (Lipinski definition) is 1. The molecule has 8 nitrogen and oxygen atoms in total. The van der Waals surface area contributed by atoms with Crippen molar-refractivity contribution in [3.8, 4) is 5.75 Å². The van der Waals surface area contributed by atoms with Crippen molar-refractivity contribution in [2.24, 2.45) is 0 Å². The molecule has 0 aliphatic carbocycles. The molecule has 0 spiro atoms. The van der Waals surface area contributed by atoms with Gasteiger partial charge in [0.1, 0.15) is 18.3 Å². The summed E-state index contributed by atoms with van der Waals surface area (Å²) in [7, 11) is -2.27. The number of carbonyl (C=O) groups is 2. The summed E-state index contributed by atoms with van der Waals surface area (Å²) in [5.41, 5.74) is 1.64. The minimum absolute atomic E-state index is 0.0638. The van der Waals surface area contributed by atoms with Gasteiger partial charge in [-0.15, -0.1) is 0 Å². The van der Waals surface area contributed by atoms with Gasteiger partial charge in [0, 0.05) is 17.6 Å². The highest BCUT2D eigenvalue weighted by atomic mass is 35.5. The molecule has 10 heteroatoms. The molecule has 1 N–H and O–H groups in total. The van der Waals surface area contributed by atoms with Crippen LogP contribution in [0.5, 0.6) is 5.75 Å². The van der Waals surface area contributed by atoms with Crippen molar-refractivity contribution in [1.29, 1.82) is 0 Å². The van der Waals surface area contributed by atoms with E-state index in [0.717, 1.165) is 22.5 Å². The summed E-state index contributed by atoms with van der Waals surface area (Å²) in [4.78, 5) is 28.3. The smallest absolute Gasteiger partial charge is 0.244 e. The predicted octanol–water partition coefficient (Wildman–Crippen LogP) is 4.15. The number of carbonyl (C=O) groups excluding carboxylic acids is 2. The Labute approximate surface area is 219 Å². The highest BCUT2D eigenvalue weighted by molar-refractivity contribution is 7.92. The van der Waals surface area contributed by atoms with Crippen LogP contribution < -0.4 is 14.4 Å². The number of nitrogens with zero attached hydrogens (tertiary/aromatic N) is 2. The number of benzene rings is 2. The van der Waals surface area contributed by atoms with Crippen molar-refractivity contribution in [2.45, 2.75) is 59.2 Å². The molecule has 2 aromatic rings. The number of amides is 2. The summed E-state index contributed by atoms with van der Waals surface area (Å²) in [5.74, 6) is -0.113. The molecule has 0 aliphatic heterocycles. The molecule has 0 aliphatic rings. The van der Waals surface area contributed by atoms with Crippen LogP contribution in [0.2, 0.25) is 5.02 Å². The van der Waals surface area contributed by atoms with Crippen LogP contribution in [0.3, 0.4) is 0 Å². The zero-order valence-electron chi connectivity index (χ0n) is 21.7. The number of halogens is 1. The maximum absolute atomic E-state index is 13.7. The molecule has 0 aromatic heterocycles. The van der Waals surface area contributed by atoms with E-state index in [2.05, 4.69) is 5.32 Å². The fourth-order valence-electron chi connectivity index (χ4n) is 3.75. The molecular weight excluding hydrogens is 502 g/mol. The van der Waals surface area contributed by atoms with E-state index >= 15 is 0 Å². The van der Waals surface area contributed by atoms with E-state index in [4.69, 9.17) is 16.3 Å². The summed E-state index contributed by atoms with van der Waals surface area (Å²) in [6, 6.07) is 11.2. The van der Waals surface area contributed by atoms with Crippen molar-refractivity contribution in [1.82, 2.24) is 10.2 Å². The average Bonchev–Trinajstić information content (AvgIpc) is 2.83. The molecule has 36 heavy (non-hydrogen) atoms. The Bertz CT molecular complexity index is 1150. The van der Waals surface area contributed by atoms with Gasteiger partial charge in [0.05, 0.1) is 19.1 Å². The van der Waals surface area contributed by atoms with Crippen molar-refractivity contribution >= 4 is 39.1 Å². The summed E-state index contributed by atoms with van der Waals surface area (Å²) in [5, 5.41) is 3.34. The summed E-state index contributed by atoms with van der Waals surface area (Å²) in [6.07, 6.45) is 2.14. The molecular formula is C26H36ClN3O5S. The van der Waals surface area contributed by atoms with Gasteiger partial charge < -0.3 is 15.0 Å². The number of ether oxygens (including phenoxy) is 1. The van der Waals surface area contributed by atoms with Gasteiger partial charge in [0.25, 0.3) is 0 Å². The third-order valence-corrected chi connectivity index (χ3v) is 7.62. The van der Waals surface area contributed by atoms with Gasteiger partial charge in [-0.05, 0) is 62.1 Å². The van der Waals surface area contributed by atoms with E-state index in [9.17, 15) is 18.0 Å². The van der Waals surface area contributed by atoms with Gasteiger partial charge in [-0.1, -0.05) is 43.6 Å². The lowest BCUT2D eigenvalue weighted by Gasteiger charge is -2.33. The van der Waals surface area contributed by atoms with Gasteiger partial charge in [-0.2, -0.15) is 0 Å². The van der Waals surface area contributed by atoms with Crippen molar-refractivity contribution in [3.05, 3.63) is 58.6 Å². The van der Waals surface area contributed by atoms with Crippen molar-refractivity contribution < 1.29 is 22.7 Å². The Balaban J connectivity index is 2.48. The predicted molar refractivity (Wildman–Crippen MR) is 144 cm³/mol. The number of hydrogen-bond acceptors (Lipinski definition) is 5. The molecule has 2 amide bonds. The van der Waals surface area contributed by atoms with Gasteiger partial charge >= 0.3 is 0 Å². The Hall–Kier alpha value is -2.78. The van der Waals surface area contributed by atoms with E-state index < -0.39 is 28.5 Å². The summed E-state index contributed by atoms with van der Waals surface area (Å²) in [6.45, 7) is 7.04. The lowest BCUT2D eigenvalue weighted by atomic mass is 10.1. The number of rotatable bonds is 12. The number of methoxy groups -OCH3 is 1. The number of nitrogens with one attached hydrogen (secondary N) is 1. The molecule has 0 fully saturated rings. The zero-order valence-corrected chi connectivity index (χ0v) is 23.3. The van der Waals surface area contributed by atoms with Gasteiger partial charge in [0.15, 0.2) is 0 Å². The highest BCUT2D eigenvalue weighted by Gasteiger charge is 2.32. The molecule has 0 unspecified atom stereocenters. The molecule has 198 valence electrons. The number of sulfonamides is 1. The number of anilines is 1. The summed E-state index contributed by atoms with van der Waals surface area (Å²) < 4.78 is 31.8. The average molecular weight is 538 g/mol. The Kier molecular flexibility index (Phi) is 10.6. The van der Waals surface area contributed by atoms with Crippen molar-refractivity contribution in [2.75, 3.05) is 24.2 Å². The first kappa shape index (κ1) is 29.5. The van der Waals surface area contributed by atoms with Gasteiger partial charge in [0.2, 0.25) is 21.8 Å². The van der Waals surface area contributed by atoms with E-state index in [-0.39, 0.29) is 18.5 Å². The van der Waals surface area contributed by atoms with Crippen LogP contribution in [0.15, 0.2) is 42.5 Å². The fourth-order valence-corrected chi connectivity index (χ4v) is 4.82. The second-order valence-electron chi connectivity index (χ2n) is 8.77. The standard InChI is InChI=1S/C26H36ClN3O5S/c1-7-18(3)28-26(32)23(8-2)29(16-20-12-14-21(35-5)15-13-20)25(31)17-30(36(6,33)34)24-11-9-10-22(27)19(24)4/h9-15,18,23H,7-8,16-17H2,1-6H3,(H,28,32)/t18-,23+/m1/s1.